The summed E-state index contributed by atoms with van der Waals surface area (Å²) in [4.78, 5) is 21.5. The third-order valence-electron chi connectivity index (χ3n) is 2.25. The van der Waals surface area contributed by atoms with Crippen LogP contribution in [-0.2, 0) is 9.53 Å². The van der Waals surface area contributed by atoms with Crippen molar-refractivity contribution in [3.8, 4) is 0 Å². The number of nitrogens with one attached hydrogen (secondary N) is 2. The van der Waals surface area contributed by atoms with Gasteiger partial charge in [0.1, 0.15) is 12.1 Å². The second kappa shape index (κ2) is 4.97. The Labute approximate surface area is 88.0 Å². The molecule has 0 saturated carbocycles. The fraction of sp³-hybridized carbons (Fsp3) is 0.778. The molecule has 3 N–H and O–H groups in total. The van der Waals surface area contributed by atoms with Crippen molar-refractivity contribution >= 4 is 12.1 Å². The maximum absolute atomic E-state index is 10.8. The zero-order chi connectivity index (χ0) is 11.4. The van der Waals surface area contributed by atoms with Gasteiger partial charge in [-0.1, -0.05) is 13.8 Å². The van der Waals surface area contributed by atoms with Gasteiger partial charge in [-0.05, 0) is 5.92 Å². The summed E-state index contributed by atoms with van der Waals surface area (Å²) in [7, 11) is 0. The monoisotopic (exact) mass is 216 g/mol. The quantitative estimate of drug-likeness (QED) is 0.592. The third kappa shape index (κ3) is 3.39. The van der Waals surface area contributed by atoms with E-state index in [0.29, 0.717) is 13.1 Å². The summed E-state index contributed by atoms with van der Waals surface area (Å²) in [6, 6.07) is -0.607. The van der Waals surface area contributed by atoms with Crippen LogP contribution in [-0.4, -0.2) is 42.4 Å². The van der Waals surface area contributed by atoms with Gasteiger partial charge in [0.2, 0.25) is 0 Å². The smallest absolute Gasteiger partial charge is 0.407 e. The molecule has 1 rings (SSSR count). The molecule has 1 aliphatic heterocycles. The molecular weight excluding hydrogens is 200 g/mol. The molecule has 1 heterocycles. The fourth-order valence-corrected chi connectivity index (χ4v) is 1.41. The third-order valence-corrected chi connectivity index (χ3v) is 2.25. The van der Waals surface area contributed by atoms with Gasteiger partial charge in [0, 0.05) is 6.54 Å². The molecular formula is C9H16N2O4. The van der Waals surface area contributed by atoms with Gasteiger partial charge >= 0.3 is 12.1 Å². The highest BCUT2D eigenvalue weighted by atomic mass is 16.6. The number of aliphatic carboxylic acids is 1. The number of ether oxygens (including phenoxy) is 1. The first-order valence-corrected chi connectivity index (χ1v) is 4.91. The van der Waals surface area contributed by atoms with Gasteiger partial charge in [-0.2, -0.15) is 0 Å². The summed E-state index contributed by atoms with van der Waals surface area (Å²) in [6.07, 6.45) is -0.726. The summed E-state index contributed by atoms with van der Waals surface area (Å²) < 4.78 is 4.87. The number of alkyl carbamates (subject to hydrolysis) is 1. The molecule has 86 valence electrons. The highest BCUT2D eigenvalue weighted by Crippen LogP contribution is 2.04. The van der Waals surface area contributed by atoms with Crippen molar-refractivity contribution in [3.63, 3.8) is 0 Å². The van der Waals surface area contributed by atoms with Crippen molar-refractivity contribution in [1.82, 2.24) is 10.6 Å². The SMILES string of the molecule is CC(C)C(NCC1CNC(=O)O1)C(=O)O. The molecule has 0 radical (unpaired) electrons. The van der Waals surface area contributed by atoms with Crippen LogP contribution >= 0.6 is 0 Å². The lowest BCUT2D eigenvalue weighted by atomic mass is 10.0. The van der Waals surface area contributed by atoms with Crippen molar-refractivity contribution in [2.45, 2.75) is 26.0 Å². The van der Waals surface area contributed by atoms with Gasteiger partial charge in [0.15, 0.2) is 0 Å². The summed E-state index contributed by atoms with van der Waals surface area (Å²) in [5.74, 6) is -0.894. The molecule has 0 aromatic carbocycles. The van der Waals surface area contributed by atoms with Crippen LogP contribution in [0.1, 0.15) is 13.8 Å². The Morgan fingerprint density at radius 2 is 2.40 bits per heavy atom. The molecule has 6 nitrogen and oxygen atoms in total. The minimum atomic E-state index is -0.887. The summed E-state index contributed by atoms with van der Waals surface area (Å²) >= 11 is 0. The Morgan fingerprint density at radius 3 is 2.80 bits per heavy atom. The predicted octanol–water partition coefficient (Wildman–Crippen LogP) is -0.206. The van der Waals surface area contributed by atoms with Crippen LogP contribution in [0.25, 0.3) is 0 Å². The minimum Gasteiger partial charge on any atom is -0.480 e. The predicted molar refractivity (Wildman–Crippen MR) is 52.5 cm³/mol. The number of carbonyl (C=O) groups is 2. The minimum absolute atomic E-state index is 0.00689. The number of carboxylic acids is 1. The summed E-state index contributed by atoms with van der Waals surface area (Å²) in [5, 5.41) is 14.3. The molecule has 0 aliphatic carbocycles. The molecule has 0 aromatic heterocycles. The van der Waals surface area contributed by atoms with Crippen LogP contribution < -0.4 is 10.6 Å². The first-order chi connectivity index (χ1) is 7.00. The van der Waals surface area contributed by atoms with Crippen molar-refractivity contribution in [1.29, 1.82) is 0 Å². The molecule has 6 heteroatoms. The highest BCUT2D eigenvalue weighted by Gasteiger charge is 2.26. The van der Waals surface area contributed by atoms with E-state index in [1.165, 1.54) is 0 Å². The number of hydrogen-bond acceptors (Lipinski definition) is 4. The van der Waals surface area contributed by atoms with E-state index >= 15 is 0 Å². The van der Waals surface area contributed by atoms with E-state index in [0.717, 1.165) is 0 Å². The molecule has 2 atom stereocenters. The van der Waals surface area contributed by atoms with Crippen LogP contribution in [0.5, 0.6) is 0 Å². The summed E-state index contributed by atoms with van der Waals surface area (Å²) in [6.45, 7) is 4.43. The number of hydrogen-bond donors (Lipinski definition) is 3. The molecule has 0 spiro atoms. The Balaban J connectivity index is 2.34. The number of carboxylic acid groups (broad SMARTS) is 1. The highest BCUT2D eigenvalue weighted by molar-refractivity contribution is 5.73. The van der Waals surface area contributed by atoms with Gasteiger partial charge in [-0.25, -0.2) is 4.79 Å². The summed E-state index contributed by atoms with van der Waals surface area (Å²) in [5.41, 5.74) is 0. The van der Waals surface area contributed by atoms with E-state index < -0.39 is 18.1 Å². The van der Waals surface area contributed by atoms with Crippen molar-refractivity contribution in [2.24, 2.45) is 5.92 Å². The normalized spacial score (nSPS) is 22.3. The largest absolute Gasteiger partial charge is 0.480 e. The van der Waals surface area contributed by atoms with Crippen molar-refractivity contribution in [3.05, 3.63) is 0 Å². The molecule has 1 fully saturated rings. The first kappa shape index (κ1) is 11.8. The van der Waals surface area contributed by atoms with E-state index in [1.807, 2.05) is 13.8 Å². The number of cyclic esters (lactones) is 1. The van der Waals surface area contributed by atoms with Crippen LogP contribution in [0.4, 0.5) is 4.79 Å². The molecule has 0 bridgehead atoms. The molecule has 0 aromatic rings. The van der Waals surface area contributed by atoms with Crippen LogP contribution in [0, 0.1) is 5.92 Å². The lowest BCUT2D eigenvalue weighted by molar-refractivity contribution is -0.140. The Morgan fingerprint density at radius 1 is 1.73 bits per heavy atom. The van der Waals surface area contributed by atoms with Crippen molar-refractivity contribution in [2.75, 3.05) is 13.1 Å². The number of amides is 1. The van der Waals surface area contributed by atoms with E-state index in [-0.39, 0.29) is 12.0 Å². The molecule has 1 aliphatic rings. The van der Waals surface area contributed by atoms with Gasteiger partial charge < -0.3 is 20.5 Å². The maximum atomic E-state index is 10.8. The van der Waals surface area contributed by atoms with Crippen LogP contribution in [0.15, 0.2) is 0 Å². The van der Waals surface area contributed by atoms with Gasteiger partial charge in [0.25, 0.3) is 0 Å². The first-order valence-electron chi connectivity index (χ1n) is 4.91. The van der Waals surface area contributed by atoms with E-state index in [1.54, 1.807) is 0 Å². The molecule has 15 heavy (non-hydrogen) atoms. The molecule has 1 saturated heterocycles. The standard InChI is InChI=1S/C9H16N2O4/c1-5(2)7(8(12)13)10-3-6-4-11-9(14)15-6/h5-7,10H,3-4H2,1-2H3,(H,11,14)(H,12,13). The second-order valence-electron chi connectivity index (χ2n) is 3.88. The number of rotatable bonds is 5. The fourth-order valence-electron chi connectivity index (χ4n) is 1.41. The lowest BCUT2D eigenvalue weighted by Crippen LogP contribution is -2.44. The van der Waals surface area contributed by atoms with Gasteiger partial charge in [0.05, 0.1) is 6.54 Å². The zero-order valence-electron chi connectivity index (χ0n) is 8.82. The Kier molecular flexibility index (Phi) is 3.90. The van der Waals surface area contributed by atoms with Crippen LogP contribution in [0.2, 0.25) is 0 Å². The van der Waals surface area contributed by atoms with E-state index in [4.69, 9.17) is 9.84 Å². The average molecular weight is 216 g/mol. The van der Waals surface area contributed by atoms with E-state index in [9.17, 15) is 9.59 Å². The zero-order valence-corrected chi connectivity index (χ0v) is 8.82. The number of carbonyl (C=O) groups excluding carboxylic acids is 1. The lowest BCUT2D eigenvalue weighted by Gasteiger charge is -2.19. The van der Waals surface area contributed by atoms with Crippen molar-refractivity contribution < 1.29 is 19.4 Å². The topological polar surface area (TPSA) is 87.7 Å². The Bertz CT molecular complexity index is 254. The van der Waals surface area contributed by atoms with E-state index in [2.05, 4.69) is 10.6 Å². The van der Waals surface area contributed by atoms with Crippen LogP contribution in [0.3, 0.4) is 0 Å². The molecule has 2 unspecified atom stereocenters. The molecule has 1 amide bonds. The maximum Gasteiger partial charge on any atom is 0.407 e. The Hall–Kier alpha value is -1.30. The average Bonchev–Trinajstić information content (AvgIpc) is 2.50. The second-order valence-corrected chi connectivity index (χ2v) is 3.88. The van der Waals surface area contributed by atoms with Gasteiger partial charge in [-0.15, -0.1) is 0 Å². The van der Waals surface area contributed by atoms with Gasteiger partial charge in [-0.3, -0.25) is 4.79 Å².